The van der Waals surface area contributed by atoms with Crippen molar-refractivity contribution >= 4 is 5.91 Å². The summed E-state index contributed by atoms with van der Waals surface area (Å²) in [6, 6.07) is 10.9. The molecule has 1 atom stereocenters. The maximum absolute atomic E-state index is 12.9. The molecule has 1 aromatic carbocycles. The maximum Gasteiger partial charge on any atom is 0.276 e. The number of nitrogens with zero attached hydrogens (tertiary/aromatic N) is 3. The second kappa shape index (κ2) is 6.67. The number of para-hydroxylation sites is 1. The lowest BCUT2D eigenvalue weighted by Gasteiger charge is -2.21. The molecule has 26 heavy (non-hydrogen) atoms. The summed E-state index contributed by atoms with van der Waals surface area (Å²) >= 11 is 0. The van der Waals surface area contributed by atoms with Gasteiger partial charge in [-0.25, -0.2) is 0 Å². The van der Waals surface area contributed by atoms with Gasteiger partial charge in [0.1, 0.15) is 5.75 Å². The average Bonchev–Trinajstić information content (AvgIpc) is 3.41. The number of benzene rings is 1. The van der Waals surface area contributed by atoms with Gasteiger partial charge in [0, 0.05) is 18.7 Å². The molecule has 2 aromatic heterocycles. The number of likely N-dealkylation sites (tertiary alicyclic amines) is 1. The van der Waals surface area contributed by atoms with Gasteiger partial charge >= 0.3 is 0 Å². The number of aryl methyl sites for hydroxylation is 1. The predicted octanol–water partition coefficient (Wildman–Crippen LogP) is 3.62. The smallest absolute Gasteiger partial charge is 0.276 e. The summed E-state index contributed by atoms with van der Waals surface area (Å²) in [5, 5.41) is 7.91. The fourth-order valence-electron chi connectivity index (χ4n) is 3.34. The largest absolute Gasteiger partial charge is 0.496 e. The fourth-order valence-corrected chi connectivity index (χ4v) is 3.34. The molecule has 1 aliphatic heterocycles. The Hall–Kier alpha value is -3.09. The van der Waals surface area contributed by atoms with E-state index in [4.69, 9.17) is 13.8 Å². The zero-order valence-corrected chi connectivity index (χ0v) is 14.6. The number of amides is 1. The van der Waals surface area contributed by atoms with Gasteiger partial charge in [0.2, 0.25) is 0 Å². The van der Waals surface area contributed by atoms with Crippen molar-refractivity contribution in [3.05, 3.63) is 53.5 Å². The summed E-state index contributed by atoms with van der Waals surface area (Å²) in [6.07, 6.45) is 1.75. The van der Waals surface area contributed by atoms with Gasteiger partial charge in [-0.1, -0.05) is 22.4 Å². The molecule has 1 amide bonds. The van der Waals surface area contributed by atoms with Crippen molar-refractivity contribution in [1.29, 1.82) is 0 Å². The van der Waals surface area contributed by atoms with Crippen LogP contribution >= 0.6 is 0 Å². The predicted molar refractivity (Wildman–Crippen MR) is 92.7 cm³/mol. The normalized spacial score (nSPS) is 16.8. The molecule has 0 unspecified atom stereocenters. The lowest BCUT2D eigenvalue weighted by atomic mass is 10.1. The minimum atomic E-state index is -0.175. The van der Waals surface area contributed by atoms with Crippen molar-refractivity contribution in [3.63, 3.8) is 0 Å². The highest BCUT2D eigenvalue weighted by Gasteiger charge is 2.34. The van der Waals surface area contributed by atoms with Crippen LogP contribution in [0.5, 0.6) is 5.75 Å². The highest BCUT2D eigenvalue weighted by molar-refractivity contribution is 5.93. The van der Waals surface area contributed by atoms with Crippen LogP contribution in [-0.2, 0) is 0 Å². The third-order valence-electron chi connectivity index (χ3n) is 4.59. The number of carbonyl (C=O) groups is 1. The first-order chi connectivity index (χ1) is 12.7. The number of methoxy groups -OCH3 is 1. The molecule has 0 radical (unpaired) electrons. The molecular formula is C19H19N3O4. The summed E-state index contributed by atoms with van der Waals surface area (Å²) in [6.45, 7) is 2.52. The van der Waals surface area contributed by atoms with Crippen LogP contribution in [0.4, 0.5) is 0 Å². The Kier molecular flexibility index (Phi) is 4.20. The number of carbonyl (C=O) groups excluding carboxylic acids is 1. The van der Waals surface area contributed by atoms with Gasteiger partial charge < -0.3 is 18.7 Å². The van der Waals surface area contributed by atoms with Crippen LogP contribution in [0.25, 0.3) is 11.3 Å². The van der Waals surface area contributed by atoms with Crippen molar-refractivity contribution in [1.82, 2.24) is 15.2 Å². The maximum atomic E-state index is 12.9. The number of aromatic nitrogens is 2. The van der Waals surface area contributed by atoms with Gasteiger partial charge in [-0.05, 0) is 31.9 Å². The molecule has 3 heterocycles. The summed E-state index contributed by atoms with van der Waals surface area (Å²) in [7, 11) is 1.59. The van der Waals surface area contributed by atoms with E-state index in [0.29, 0.717) is 23.8 Å². The first-order valence-electron chi connectivity index (χ1n) is 8.51. The molecule has 3 aromatic rings. The molecular weight excluding hydrogens is 334 g/mol. The number of rotatable bonds is 4. The minimum absolute atomic E-state index is 0.116. The fraction of sp³-hybridized carbons (Fsp3) is 0.316. The Morgan fingerprint density at radius 3 is 2.85 bits per heavy atom. The van der Waals surface area contributed by atoms with Gasteiger partial charge in [0.25, 0.3) is 5.91 Å². The van der Waals surface area contributed by atoms with Gasteiger partial charge in [-0.2, -0.15) is 0 Å². The molecule has 0 bridgehead atoms. The number of ether oxygens (including phenoxy) is 1. The van der Waals surface area contributed by atoms with Crippen molar-refractivity contribution in [2.75, 3.05) is 13.7 Å². The van der Waals surface area contributed by atoms with Crippen LogP contribution in [0, 0.1) is 6.92 Å². The van der Waals surface area contributed by atoms with Crippen LogP contribution in [0.15, 0.2) is 45.4 Å². The lowest BCUT2D eigenvalue weighted by Crippen LogP contribution is -2.30. The Balaban J connectivity index is 1.60. The lowest BCUT2D eigenvalue weighted by molar-refractivity contribution is 0.0704. The zero-order valence-electron chi connectivity index (χ0n) is 14.6. The summed E-state index contributed by atoms with van der Waals surface area (Å²) < 4.78 is 16.1. The van der Waals surface area contributed by atoms with E-state index in [1.807, 2.05) is 37.3 Å². The van der Waals surface area contributed by atoms with E-state index in [0.717, 1.165) is 24.1 Å². The van der Waals surface area contributed by atoms with E-state index in [1.54, 1.807) is 18.1 Å². The van der Waals surface area contributed by atoms with E-state index in [-0.39, 0.29) is 17.6 Å². The second-order valence-corrected chi connectivity index (χ2v) is 6.30. The van der Waals surface area contributed by atoms with E-state index in [2.05, 4.69) is 10.3 Å². The summed E-state index contributed by atoms with van der Waals surface area (Å²) in [5.74, 6) is 1.70. The second-order valence-electron chi connectivity index (χ2n) is 6.30. The summed E-state index contributed by atoms with van der Waals surface area (Å²) in [4.78, 5) is 14.7. The molecule has 4 rings (SSSR count). The zero-order chi connectivity index (χ0) is 18.1. The van der Waals surface area contributed by atoms with Crippen molar-refractivity contribution in [2.45, 2.75) is 25.8 Å². The topological polar surface area (TPSA) is 81.6 Å². The van der Waals surface area contributed by atoms with Gasteiger partial charge in [0.05, 0.1) is 24.4 Å². The Morgan fingerprint density at radius 1 is 1.23 bits per heavy atom. The first-order valence-corrected chi connectivity index (χ1v) is 8.51. The molecule has 0 N–H and O–H groups in total. The number of hydrogen-bond donors (Lipinski definition) is 0. The van der Waals surface area contributed by atoms with E-state index in [1.165, 1.54) is 0 Å². The SMILES string of the molecule is COc1ccccc1-c1cc(C(=O)N2CCC[C@@H]2c2cc(C)no2)no1. The standard InChI is InChI=1S/C19H19N3O4/c1-12-10-18(26-20-12)15-7-5-9-22(15)19(23)14-11-17(25-21-14)13-6-3-4-8-16(13)24-2/h3-4,6,8,10-11,15H,5,7,9H2,1-2H3/t15-/m1/s1. The highest BCUT2D eigenvalue weighted by Crippen LogP contribution is 2.35. The Labute approximate surface area is 150 Å². The van der Waals surface area contributed by atoms with E-state index in [9.17, 15) is 4.79 Å². The van der Waals surface area contributed by atoms with E-state index >= 15 is 0 Å². The monoisotopic (exact) mass is 353 g/mol. The van der Waals surface area contributed by atoms with Crippen molar-refractivity contribution < 1.29 is 18.6 Å². The molecule has 0 aliphatic carbocycles. The number of hydrogen-bond acceptors (Lipinski definition) is 6. The first kappa shape index (κ1) is 16.4. The molecule has 1 aliphatic rings. The van der Waals surface area contributed by atoms with Crippen LogP contribution in [0.1, 0.15) is 40.8 Å². The van der Waals surface area contributed by atoms with Crippen molar-refractivity contribution in [2.24, 2.45) is 0 Å². The average molecular weight is 353 g/mol. The Bertz CT molecular complexity index is 930. The van der Waals surface area contributed by atoms with Crippen LogP contribution < -0.4 is 4.74 Å². The summed E-state index contributed by atoms with van der Waals surface area (Å²) in [5.41, 5.74) is 1.83. The van der Waals surface area contributed by atoms with Crippen LogP contribution in [0.3, 0.4) is 0 Å². The quantitative estimate of drug-likeness (QED) is 0.712. The molecule has 134 valence electrons. The molecule has 7 nitrogen and oxygen atoms in total. The van der Waals surface area contributed by atoms with Gasteiger partial charge in [-0.15, -0.1) is 0 Å². The molecule has 0 saturated carbocycles. The molecule has 0 spiro atoms. The van der Waals surface area contributed by atoms with Crippen LogP contribution in [0.2, 0.25) is 0 Å². The third-order valence-corrected chi connectivity index (χ3v) is 4.59. The third kappa shape index (κ3) is 2.85. The van der Waals surface area contributed by atoms with Crippen LogP contribution in [-0.4, -0.2) is 34.8 Å². The van der Waals surface area contributed by atoms with Gasteiger partial charge in [0.15, 0.2) is 17.2 Å². The highest BCUT2D eigenvalue weighted by atomic mass is 16.5. The Morgan fingerprint density at radius 2 is 2.08 bits per heavy atom. The van der Waals surface area contributed by atoms with Gasteiger partial charge in [-0.3, -0.25) is 4.79 Å². The molecule has 1 fully saturated rings. The molecule has 7 heteroatoms. The van der Waals surface area contributed by atoms with E-state index < -0.39 is 0 Å². The molecule has 1 saturated heterocycles. The van der Waals surface area contributed by atoms with Crippen molar-refractivity contribution in [3.8, 4) is 17.1 Å². The minimum Gasteiger partial charge on any atom is -0.496 e.